The fraction of sp³-hybridized carbons (Fsp3) is 0. The Balaban J connectivity index is 0.953. The van der Waals surface area contributed by atoms with Crippen LogP contribution in [-0.4, -0.2) is 21.8 Å². The number of hydrogen-bond donors (Lipinski definition) is 0. The highest BCUT2D eigenvalue weighted by molar-refractivity contribution is 7.20. The molecule has 0 saturated heterocycles. The third-order valence-corrected chi connectivity index (χ3v) is 21.9. The Hall–Kier alpha value is -10.5. The van der Waals surface area contributed by atoms with Crippen LogP contribution in [0.1, 0.15) is 0 Å². The largest absolute Gasteiger partial charge is 0.309 e. The molecule has 0 aliphatic carbocycles. The van der Waals surface area contributed by atoms with E-state index in [1.165, 1.54) is 97.4 Å². The summed E-state index contributed by atoms with van der Waals surface area (Å²) in [5.41, 5.74) is 17.4. The lowest BCUT2D eigenvalue weighted by Gasteiger charge is -2.34. The summed E-state index contributed by atoms with van der Waals surface area (Å²) in [6, 6.07) is 120. The molecule has 0 fully saturated rings. The van der Waals surface area contributed by atoms with Crippen molar-refractivity contribution in [2.75, 3.05) is 0 Å². The molecule has 0 bridgehead atoms. The molecular weight excluding hydrogens is 1010 g/mol. The van der Waals surface area contributed by atoms with Crippen molar-refractivity contribution in [1.29, 1.82) is 0 Å². The van der Waals surface area contributed by atoms with Crippen LogP contribution in [0.15, 0.2) is 322 Å². The van der Waals surface area contributed by atoms with Crippen LogP contribution < -0.4 is 20.7 Å². The summed E-state index contributed by atoms with van der Waals surface area (Å²) in [5.74, 6) is 0. The Morgan fingerprint density at radius 3 is 0.988 bits per heavy atom. The van der Waals surface area contributed by atoms with Crippen LogP contribution in [-0.2, 0) is 0 Å². The fourth-order valence-corrected chi connectivity index (χ4v) is 18.3. The third kappa shape index (κ3) is 7.57. The molecule has 0 aliphatic heterocycles. The van der Waals surface area contributed by atoms with E-state index in [-0.39, 0.29) is 0 Å². The second-order valence-corrected chi connectivity index (χ2v) is 25.4. The second-order valence-electron chi connectivity index (χ2n) is 21.6. The molecule has 16 aromatic rings. The minimum absolute atomic E-state index is 1.09. The van der Waals surface area contributed by atoms with Crippen molar-refractivity contribution in [3.63, 3.8) is 0 Å². The average molecular weight is 1060 g/mol. The Morgan fingerprint density at radius 2 is 0.524 bits per heavy atom. The van der Waals surface area contributed by atoms with Crippen LogP contribution >= 0.6 is 0 Å². The highest BCUT2D eigenvalue weighted by Crippen LogP contribution is 2.42. The molecule has 16 rings (SSSR count). The molecule has 0 radical (unpaired) electrons. The maximum absolute atomic E-state index is 2.89. The van der Waals surface area contributed by atoms with E-state index in [4.69, 9.17) is 0 Å². The Kier molecular flexibility index (Phi) is 11.2. The lowest BCUT2D eigenvalue weighted by atomic mass is 10.0. The topological polar surface area (TPSA) is 14.8 Å². The van der Waals surface area contributed by atoms with Crippen molar-refractivity contribution in [1.82, 2.24) is 13.7 Å². The van der Waals surface area contributed by atoms with E-state index in [9.17, 15) is 0 Å². The van der Waals surface area contributed by atoms with E-state index in [0.29, 0.717) is 0 Å². The molecule has 0 saturated carbocycles. The van der Waals surface area contributed by atoms with Crippen molar-refractivity contribution in [2.24, 2.45) is 0 Å². The number of hydrogen-bond acceptors (Lipinski definition) is 0. The quantitative estimate of drug-likeness (QED) is 0.0958. The van der Waals surface area contributed by atoms with Crippen LogP contribution in [0.2, 0.25) is 0 Å². The number of aromatic nitrogens is 3. The van der Waals surface area contributed by atoms with Crippen molar-refractivity contribution >= 4 is 94.2 Å². The van der Waals surface area contributed by atoms with Gasteiger partial charge in [-0.25, -0.2) is 0 Å². The van der Waals surface area contributed by atoms with Gasteiger partial charge in [-0.05, 0) is 127 Å². The number of rotatable bonds is 10. The van der Waals surface area contributed by atoms with Gasteiger partial charge < -0.3 is 13.7 Å². The first-order valence-electron chi connectivity index (χ1n) is 28.3. The zero-order valence-electron chi connectivity index (χ0n) is 44.9. The van der Waals surface area contributed by atoms with Crippen LogP contribution in [0.5, 0.6) is 0 Å². The molecule has 0 amide bonds. The molecule has 4 heteroatoms. The summed E-state index contributed by atoms with van der Waals surface area (Å²) < 4.78 is 7.52. The normalized spacial score (nSPS) is 11.9. The van der Waals surface area contributed by atoms with Crippen LogP contribution in [0.25, 0.3) is 116 Å². The fourth-order valence-electron chi connectivity index (χ4n) is 13.5. The van der Waals surface area contributed by atoms with Crippen LogP contribution in [0.3, 0.4) is 0 Å². The van der Waals surface area contributed by atoms with Gasteiger partial charge in [0, 0.05) is 49.4 Å². The van der Waals surface area contributed by atoms with Crippen molar-refractivity contribution in [3.8, 4) is 50.4 Å². The maximum atomic E-state index is 2.54. The van der Waals surface area contributed by atoms with Gasteiger partial charge in [-0.3, -0.25) is 0 Å². The van der Waals surface area contributed by atoms with Crippen LogP contribution in [0.4, 0.5) is 0 Å². The summed E-state index contributed by atoms with van der Waals surface area (Å²) in [6.07, 6.45) is 0. The summed E-state index contributed by atoms with van der Waals surface area (Å²) in [6.45, 7) is 0. The van der Waals surface area contributed by atoms with Gasteiger partial charge in [-0.2, -0.15) is 0 Å². The Morgan fingerprint density at radius 1 is 0.171 bits per heavy atom. The maximum Gasteiger partial charge on any atom is 0.179 e. The van der Waals surface area contributed by atoms with E-state index in [1.807, 2.05) is 0 Å². The smallest absolute Gasteiger partial charge is 0.179 e. The number of fused-ring (bicyclic) bond motifs is 9. The Labute approximate surface area is 477 Å². The average Bonchev–Trinajstić information content (AvgIpc) is 3.61. The second kappa shape index (κ2) is 19.4. The lowest BCUT2D eigenvalue weighted by molar-refractivity contribution is 1.13. The summed E-state index contributed by atoms with van der Waals surface area (Å²) in [5, 5.41) is 12.7. The van der Waals surface area contributed by atoms with E-state index in [1.54, 1.807) is 0 Å². The van der Waals surface area contributed by atoms with Crippen molar-refractivity contribution in [3.05, 3.63) is 322 Å². The molecule has 3 nitrogen and oxygen atoms in total. The van der Waals surface area contributed by atoms with Gasteiger partial charge in [0.2, 0.25) is 0 Å². The number of nitrogens with zero attached hydrogens (tertiary/aromatic N) is 3. The van der Waals surface area contributed by atoms with Gasteiger partial charge in [0.25, 0.3) is 0 Å². The lowest BCUT2D eigenvalue weighted by Crippen LogP contribution is -2.74. The molecule has 0 N–H and O–H groups in total. The highest BCUT2D eigenvalue weighted by Gasteiger charge is 2.41. The van der Waals surface area contributed by atoms with Gasteiger partial charge in [-0.15, -0.1) is 0 Å². The highest BCUT2D eigenvalue weighted by atomic mass is 28.3. The standard InChI is InChI=1S/C78H53N3Si/c1-7-23-54(24-8-1)57-39-45-75-71(49-57)72-50-58(55-25-9-2-10-26-55)40-46-76(72)79(75)60-41-43-69-67-35-19-21-37-73(67)80(77(69)52-60)61-47-59(56-27-11-3-12-28-56)48-62(51-61)81-74-38-22-20-36-68(74)70-44-42-66(53-78(70)81)82(63-29-13-4-14-30-63,64-31-15-5-16-32-64)65-33-17-6-18-34-65/h1-53H. The monoisotopic (exact) mass is 1060 g/mol. The molecule has 0 unspecified atom stereocenters. The zero-order valence-corrected chi connectivity index (χ0v) is 45.9. The van der Waals surface area contributed by atoms with Gasteiger partial charge in [-0.1, -0.05) is 249 Å². The van der Waals surface area contributed by atoms with Crippen molar-refractivity contribution in [2.45, 2.75) is 0 Å². The molecule has 0 atom stereocenters. The summed E-state index contributed by atoms with van der Waals surface area (Å²) in [7, 11) is -2.89. The van der Waals surface area contributed by atoms with Gasteiger partial charge >= 0.3 is 0 Å². The van der Waals surface area contributed by atoms with Crippen LogP contribution in [0, 0.1) is 0 Å². The molecule has 13 aromatic carbocycles. The first-order chi connectivity index (χ1) is 40.7. The third-order valence-electron chi connectivity index (χ3n) is 17.1. The van der Waals surface area contributed by atoms with Gasteiger partial charge in [0.1, 0.15) is 0 Å². The Bertz CT molecular complexity index is 4870. The summed E-state index contributed by atoms with van der Waals surface area (Å²) >= 11 is 0. The van der Waals surface area contributed by atoms with E-state index >= 15 is 0 Å². The number of benzene rings is 13. The molecular formula is C78H53N3Si. The minimum Gasteiger partial charge on any atom is -0.309 e. The first kappa shape index (κ1) is 47.5. The minimum atomic E-state index is -2.89. The van der Waals surface area contributed by atoms with E-state index in [2.05, 4.69) is 335 Å². The van der Waals surface area contributed by atoms with E-state index in [0.717, 1.165) is 39.2 Å². The van der Waals surface area contributed by atoms with Crippen molar-refractivity contribution < 1.29 is 0 Å². The predicted octanol–water partition coefficient (Wildman–Crippen LogP) is 17.4. The summed E-state index contributed by atoms with van der Waals surface area (Å²) in [4.78, 5) is 0. The van der Waals surface area contributed by atoms with Gasteiger partial charge in [0.15, 0.2) is 8.07 Å². The molecule has 82 heavy (non-hydrogen) atoms. The van der Waals surface area contributed by atoms with Gasteiger partial charge in [0.05, 0.1) is 33.1 Å². The number of para-hydroxylation sites is 2. The zero-order chi connectivity index (χ0) is 54.1. The first-order valence-corrected chi connectivity index (χ1v) is 30.3. The molecule has 0 spiro atoms. The SMILES string of the molecule is c1ccc(-c2cc(-n3c4ccccc4c4ccc(-n5c6ccc(-c7ccccc7)cc6c6cc(-c7ccccc7)ccc65)cc43)cc(-n3c4ccccc4c4ccc([Si](c5ccccc5)(c5ccccc5)c5ccccc5)cc43)c2)cc1. The molecule has 384 valence electrons. The predicted molar refractivity (Wildman–Crippen MR) is 349 cm³/mol. The molecule has 3 aromatic heterocycles. The van der Waals surface area contributed by atoms with E-state index < -0.39 is 8.07 Å². The molecule has 0 aliphatic rings. The molecule has 3 heterocycles.